The quantitative estimate of drug-likeness (QED) is 0.703. The van der Waals surface area contributed by atoms with E-state index in [0.29, 0.717) is 23.0 Å². The maximum Gasteiger partial charge on any atom is 0.256 e. The largest absolute Gasteiger partial charge is 0.494 e. The average Bonchev–Trinajstić information content (AvgIpc) is 3.04. The highest BCUT2D eigenvalue weighted by Gasteiger charge is 2.19. The molecule has 1 aromatic heterocycles. The van der Waals surface area contributed by atoms with E-state index in [-0.39, 0.29) is 17.2 Å². The van der Waals surface area contributed by atoms with E-state index >= 15 is 0 Å². The van der Waals surface area contributed by atoms with Gasteiger partial charge in [0.25, 0.3) is 5.91 Å². The molecule has 0 unspecified atom stereocenters. The third-order valence-corrected chi connectivity index (χ3v) is 4.42. The maximum atomic E-state index is 12.4. The van der Waals surface area contributed by atoms with Crippen LogP contribution in [0.3, 0.4) is 0 Å². The molecule has 3 rings (SSSR count). The van der Waals surface area contributed by atoms with Crippen LogP contribution in [0.1, 0.15) is 15.9 Å². The number of aromatic amines is 1. The zero-order valence-corrected chi connectivity index (χ0v) is 14.5. The second-order valence-electron chi connectivity index (χ2n) is 5.34. The highest BCUT2D eigenvalue weighted by molar-refractivity contribution is 6.37. The molecule has 0 aliphatic rings. The van der Waals surface area contributed by atoms with Crippen molar-refractivity contribution in [1.82, 2.24) is 10.3 Å². The number of benzene rings is 2. The second-order valence-corrected chi connectivity index (χ2v) is 6.16. The van der Waals surface area contributed by atoms with Gasteiger partial charge in [0.05, 0.1) is 17.2 Å². The zero-order chi connectivity index (χ0) is 17.1. The molecule has 1 amide bonds. The van der Waals surface area contributed by atoms with Gasteiger partial charge in [-0.2, -0.15) is 0 Å². The number of carbonyl (C=O) groups is 1. The summed E-state index contributed by atoms with van der Waals surface area (Å²) < 4.78 is 5.20. The Morgan fingerprint density at radius 1 is 1.17 bits per heavy atom. The third-order valence-electron chi connectivity index (χ3n) is 3.81. The number of aromatic nitrogens is 1. The van der Waals surface area contributed by atoms with Crippen LogP contribution in [0.15, 0.2) is 42.6 Å². The Morgan fingerprint density at radius 3 is 2.75 bits per heavy atom. The number of nitrogens with one attached hydrogen (secondary N) is 2. The number of hydrogen-bond donors (Lipinski definition) is 2. The first-order valence-electron chi connectivity index (χ1n) is 7.46. The van der Waals surface area contributed by atoms with Crippen molar-refractivity contribution in [3.63, 3.8) is 0 Å². The lowest BCUT2D eigenvalue weighted by Crippen LogP contribution is -2.26. The highest BCUT2D eigenvalue weighted by Crippen LogP contribution is 2.33. The molecule has 0 radical (unpaired) electrons. The van der Waals surface area contributed by atoms with E-state index in [1.807, 2.05) is 24.4 Å². The molecule has 4 nitrogen and oxygen atoms in total. The van der Waals surface area contributed by atoms with Gasteiger partial charge in [-0.25, -0.2) is 0 Å². The Hall–Kier alpha value is -2.17. The number of halogens is 2. The van der Waals surface area contributed by atoms with Crippen molar-refractivity contribution in [3.8, 4) is 5.75 Å². The van der Waals surface area contributed by atoms with Crippen molar-refractivity contribution in [2.24, 2.45) is 0 Å². The molecular weight excluding hydrogens is 347 g/mol. The summed E-state index contributed by atoms with van der Waals surface area (Å²) in [6.45, 7) is 0.487. The van der Waals surface area contributed by atoms with Crippen LogP contribution in [0.2, 0.25) is 10.0 Å². The molecule has 6 heteroatoms. The minimum Gasteiger partial charge on any atom is -0.494 e. The monoisotopic (exact) mass is 362 g/mol. The van der Waals surface area contributed by atoms with Crippen molar-refractivity contribution in [2.45, 2.75) is 6.42 Å². The Labute approximate surface area is 149 Å². The minimum atomic E-state index is -0.304. The summed E-state index contributed by atoms with van der Waals surface area (Å²) in [5.41, 5.74) is 2.50. The molecule has 2 aromatic carbocycles. The summed E-state index contributed by atoms with van der Waals surface area (Å²) in [7, 11) is 1.46. The zero-order valence-electron chi connectivity index (χ0n) is 13.0. The number of H-pyrrole nitrogens is 1. The van der Waals surface area contributed by atoms with Gasteiger partial charge in [0, 0.05) is 18.3 Å². The molecule has 0 fully saturated rings. The number of carbonyl (C=O) groups excluding carboxylic acids is 1. The van der Waals surface area contributed by atoms with Crippen LogP contribution >= 0.6 is 23.2 Å². The van der Waals surface area contributed by atoms with E-state index < -0.39 is 0 Å². The summed E-state index contributed by atoms with van der Waals surface area (Å²) in [5, 5.41) is 4.67. The second kappa shape index (κ2) is 7.16. The normalized spacial score (nSPS) is 10.8. The van der Waals surface area contributed by atoms with Gasteiger partial charge in [-0.15, -0.1) is 0 Å². The molecule has 124 valence electrons. The number of methoxy groups -OCH3 is 1. The highest BCUT2D eigenvalue weighted by atomic mass is 35.5. The van der Waals surface area contributed by atoms with Crippen LogP contribution in [0.4, 0.5) is 0 Å². The Kier molecular flexibility index (Phi) is 4.97. The summed E-state index contributed by atoms with van der Waals surface area (Å²) in [5.74, 6) is -0.0162. The fraction of sp³-hybridized carbons (Fsp3) is 0.167. The van der Waals surface area contributed by atoms with E-state index in [4.69, 9.17) is 27.9 Å². The lowest BCUT2D eigenvalue weighted by atomic mass is 10.1. The predicted octanol–water partition coefficient (Wildman–Crippen LogP) is 4.46. The fourth-order valence-electron chi connectivity index (χ4n) is 2.61. The van der Waals surface area contributed by atoms with E-state index in [2.05, 4.69) is 16.4 Å². The smallest absolute Gasteiger partial charge is 0.256 e. The summed E-state index contributed by atoms with van der Waals surface area (Å²) >= 11 is 12.2. The van der Waals surface area contributed by atoms with Gasteiger partial charge >= 0.3 is 0 Å². The summed E-state index contributed by atoms with van der Waals surface area (Å²) in [4.78, 5) is 15.6. The van der Waals surface area contributed by atoms with Gasteiger partial charge in [0.1, 0.15) is 5.56 Å². The first-order chi connectivity index (χ1) is 11.6. The SMILES string of the molecule is COc1c(Cl)ccc(Cl)c1C(=O)NCCc1ccc2[nH]ccc2c1. The van der Waals surface area contributed by atoms with Gasteiger partial charge in [-0.1, -0.05) is 29.3 Å². The van der Waals surface area contributed by atoms with Crippen molar-refractivity contribution in [3.05, 3.63) is 63.8 Å². The van der Waals surface area contributed by atoms with Crippen molar-refractivity contribution in [1.29, 1.82) is 0 Å². The van der Waals surface area contributed by atoms with Gasteiger partial charge in [0.15, 0.2) is 5.75 Å². The molecule has 24 heavy (non-hydrogen) atoms. The molecule has 0 saturated heterocycles. The number of rotatable bonds is 5. The molecule has 3 aromatic rings. The first kappa shape index (κ1) is 16.7. The molecule has 0 aliphatic carbocycles. The van der Waals surface area contributed by atoms with Gasteiger partial charge < -0.3 is 15.0 Å². The van der Waals surface area contributed by atoms with Crippen molar-refractivity contribution in [2.75, 3.05) is 13.7 Å². The van der Waals surface area contributed by atoms with Gasteiger partial charge in [0.2, 0.25) is 0 Å². The molecule has 0 atom stereocenters. The summed E-state index contributed by atoms with van der Waals surface area (Å²) in [6, 6.07) is 11.4. The Balaban J connectivity index is 1.68. The Bertz CT molecular complexity index is 890. The number of hydrogen-bond acceptors (Lipinski definition) is 2. The van der Waals surface area contributed by atoms with Crippen LogP contribution in [-0.4, -0.2) is 24.5 Å². The standard InChI is InChI=1S/C18H16Cl2N2O2/c1-24-17-14(20)4-3-13(19)16(17)18(23)22-8-6-11-2-5-15-12(10-11)7-9-21-15/h2-5,7,9-10,21H,6,8H2,1H3,(H,22,23). The fourth-order valence-corrected chi connectivity index (χ4v) is 3.08. The topological polar surface area (TPSA) is 54.1 Å². The van der Waals surface area contributed by atoms with Crippen LogP contribution < -0.4 is 10.1 Å². The maximum absolute atomic E-state index is 12.4. The molecule has 1 heterocycles. The predicted molar refractivity (Wildman–Crippen MR) is 97.3 cm³/mol. The molecule has 0 aliphatic heterocycles. The number of amides is 1. The number of fused-ring (bicyclic) bond motifs is 1. The van der Waals surface area contributed by atoms with Crippen molar-refractivity contribution >= 4 is 40.0 Å². The van der Waals surface area contributed by atoms with Crippen LogP contribution in [0.5, 0.6) is 5.75 Å². The van der Waals surface area contributed by atoms with E-state index in [1.54, 1.807) is 12.1 Å². The van der Waals surface area contributed by atoms with Gasteiger partial charge in [-0.05, 0) is 47.7 Å². The van der Waals surface area contributed by atoms with E-state index in [0.717, 1.165) is 16.5 Å². The molecule has 0 saturated carbocycles. The number of ether oxygens (including phenoxy) is 1. The summed E-state index contributed by atoms with van der Waals surface area (Å²) in [6.07, 6.45) is 2.62. The molecule has 0 spiro atoms. The van der Waals surface area contributed by atoms with Crippen LogP contribution in [-0.2, 0) is 6.42 Å². The molecule has 0 bridgehead atoms. The van der Waals surface area contributed by atoms with Gasteiger partial charge in [-0.3, -0.25) is 4.79 Å². The Morgan fingerprint density at radius 2 is 1.96 bits per heavy atom. The molecular formula is C18H16Cl2N2O2. The first-order valence-corrected chi connectivity index (χ1v) is 8.22. The molecule has 2 N–H and O–H groups in total. The average molecular weight is 363 g/mol. The van der Waals surface area contributed by atoms with Crippen LogP contribution in [0.25, 0.3) is 10.9 Å². The van der Waals surface area contributed by atoms with Crippen LogP contribution in [0, 0.1) is 0 Å². The third kappa shape index (κ3) is 3.35. The van der Waals surface area contributed by atoms with E-state index in [9.17, 15) is 4.79 Å². The van der Waals surface area contributed by atoms with E-state index in [1.165, 1.54) is 7.11 Å². The lowest BCUT2D eigenvalue weighted by Gasteiger charge is -2.12. The van der Waals surface area contributed by atoms with Crippen molar-refractivity contribution < 1.29 is 9.53 Å². The lowest BCUT2D eigenvalue weighted by molar-refractivity contribution is 0.0951. The minimum absolute atomic E-state index is 0.257.